The number of esters is 1. The third kappa shape index (κ3) is 4.89. The number of amides is 1. The molecule has 5 rings (SSSR count). The maximum Gasteiger partial charge on any atom is 0.323 e. The lowest BCUT2D eigenvalue weighted by Gasteiger charge is -2.41. The minimum absolute atomic E-state index is 0. The first kappa shape index (κ1) is 26.5. The van der Waals surface area contributed by atoms with Gasteiger partial charge in [0.1, 0.15) is 17.5 Å². The first-order chi connectivity index (χ1) is 17.4. The number of fused-ring (bicyclic) bond motifs is 2. The minimum Gasteiger partial charge on any atom is -0.508 e. The largest absolute Gasteiger partial charge is 0.508 e. The van der Waals surface area contributed by atoms with Crippen molar-refractivity contribution in [2.75, 3.05) is 19.1 Å². The summed E-state index contributed by atoms with van der Waals surface area (Å²) in [5.41, 5.74) is 4.59. The van der Waals surface area contributed by atoms with Gasteiger partial charge in [0.2, 0.25) is 6.10 Å². The fraction of sp³-hybridized carbons (Fsp3) is 0.310. The molecule has 1 N–H and O–H groups in total. The van der Waals surface area contributed by atoms with Crippen molar-refractivity contribution in [3.63, 3.8) is 0 Å². The summed E-state index contributed by atoms with van der Waals surface area (Å²) >= 11 is 0. The van der Waals surface area contributed by atoms with E-state index in [1.54, 1.807) is 36.2 Å². The van der Waals surface area contributed by atoms with E-state index in [0.717, 1.165) is 23.1 Å². The lowest BCUT2D eigenvalue weighted by atomic mass is 9.89. The number of nitrogens with zero attached hydrogens (tertiary/aromatic N) is 2. The number of carbonyl (C=O) groups is 2. The molecule has 0 bridgehead atoms. The normalized spacial score (nSPS) is 19.6. The molecule has 37 heavy (non-hydrogen) atoms. The zero-order valence-corrected chi connectivity index (χ0v) is 21.9. The molecule has 0 saturated heterocycles. The van der Waals surface area contributed by atoms with E-state index < -0.39 is 12.1 Å². The Hall–Kier alpha value is -3.55. The van der Waals surface area contributed by atoms with Gasteiger partial charge in [0.25, 0.3) is 5.91 Å². The Kier molecular flexibility index (Phi) is 7.76. The van der Waals surface area contributed by atoms with Crippen LogP contribution in [0.15, 0.2) is 66.7 Å². The van der Waals surface area contributed by atoms with Crippen LogP contribution in [0.5, 0.6) is 11.5 Å². The molecule has 7 nitrogen and oxygen atoms in total. The molecule has 8 heteroatoms. The molecule has 194 valence electrons. The average Bonchev–Trinajstić information content (AvgIpc) is 2.90. The number of aromatic hydroxyl groups is 1. The predicted octanol–water partition coefficient (Wildman–Crippen LogP) is 4.96. The van der Waals surface area contributed by atoms with Crippen LogP contribution in [0.2, 0.25) is 0 Å². The first-order valence-electron chi connectivity index (χ1n) is 12.2. The van der Waals surface area contributed by atoms with E-state index in [2.05, 4.69) is 24.0 Å². The Morgan fingerprint density at radius 1 is 1.11 bits per heavy atom. The van der Waals surface area contributed by atoms with Crippen LogP contribution in [0, 0.1) is 0 Å². The second kappa shape index (κ2) is 10.8. The number of likely N-dealkylation sites (N-methyl/N-ethyl adjacent to an activating group) is 1. The summed E-state index contributed by atoms with van der Waals surface area (Å²) in [6.45, 7) is 2.68. The van der Waals surface area contributed by atoms with E-state index >= 15 is 0 Å². The second-order valence-corrected chi connectivity index (χ2v) is 9.33. The van der Waals surface area contributed by atoms with Crippen molar-refractivity contribution in [1.29, 1.82) is 0 Å². The molecule has 0 saturated carbocycles. The summed E-state index contributed by atoms with van der Waals surface area (Å²) in [4.78, 5) is 29.9. The molecule has 0 aromatic heterocycles. The van der Waals surface area contributed by atoms with Gasteiger partial charge < -0.3 is 19.5 Å². The monoisotopic (exact) mass is 522 g/mol. The molecule has 2 aliphatic rings. The summed E-state index contributed by atoms with van der Waals surface area (Å²) in [6, 6.07) is 20.3. The molecule has 0 fully saturated rings. The number of anilines is 1. The van der Waals surface area contributed by atoms with Gasteiger partial charge in [-0.3, -0.25) is 14.5 Å². The van der Waals surface area contributed by atoms with Crippen LogP contribution >= 0.6 is 12.4 Å². The summed E-state index contributed by atoms with van der Waals surface area (Å²) in [6.07, 6.45) is 0.535. The molecule has 2 heterocycles. The third-order valence-corrected chi connectivity index (χ3v) is 7.25. The van der Waals surface area contributed by atoms with Crippen molar-refractivity contribution in [3.8, 4) is 11.5 Å². The van der Waals surface area contributed by atoms with Crippen molar-refractivity contribution < 1.29 is 24.2 Å². The predicted molar refractivity (Wildman–Crippen MR) is 143 cm³/mol. The minimum atomic E-state index is -0.795. The fourth-order valence-corrected chi connectivity index (χ4v) is 5.33. The highest BCUT2D eigenvalue weighted by molar-refractivity contribution is 6.00. The lowest BCUT2D eigenvalue weighted by Crippen LogP contribution is -2.48. The summed E-state index contributed by atoms with van der Waals surface area (Å²) in [5.74, 6) is 0.304. The quantitative estimate of drug-likeness (QED) is 0.477. The highest BCUT2D eigenvalue weighted by atomic mass is 35.5. The molecule has 3 aromatic rings. The summed E-state index contributed by atoms with van der Waals surface area (Å²) < 4.78 is 11.4. The van der Waals surface area contributed by atoms with Crippen LogP contribution in [0.25, 0.3) is 0 Å². The van der Waals surface area contributed by atoms with Gasteiger partial charge in [-0.15, -0.1) is 12.4 Å². The number of hydrogen-bond acceptors (Lipinski definition) is 6. The van der Waals surface area contributed by atoms with E-state index in [9.17, 15) is 14.7 Å². The van der Waals surface area contributed by atoms with Crippen LogP contribution in [0.4, 0.5) is 5.69 Å². The molecule has 0 spiro atoms. The number of phenolic OH excluding ortho intramolecular Hbond substituents is 1. The molecular weight excluding hydrogens is 492 g/mol. The number of ether oxygens (including phenoxy) is 2. The summed E-state index contributed by atoms with van der Waals surface area (Å²) in [5, 5.41) is 9.64. The van der Waals surface area contributed by atoms with Gasteiger partial charge in [-0.05, 0) is 53.8 Å². The van der Waals surface area contributed by atoms with Gasteiger partial charge in [-0.1, -0.05) is 49.4 Å². The van der Waals surface area contributed by atoms with Gasteiger partial charge in [0.05, 0.1) is 12.8 Å². The molecule has 0 radical (unpaired) electrons. The Balaban J connectivity index is 0.00000320. The van der Waals surface area contributed by atoms with E-state index in [1.807, 2.05) is 30.3 Å². The molecule has 0 unspecified atom stereocenters. The van der Waals surface area contributed by atoms with Crippen LogP contribution in [-0.4, -0.2) is 42.1 Å². The summed E-state index contributed by atoms with van der Waals surface area (Å²) in [7, 11) is 3.16. The van der Waals surface area contributed by atoms with Gasteiger partial charge in [0.15, 0.2) is 0 Å². The standard InChI is InChI=1S/C29H30N2O5.ClH/c1-4-23(18-8-6-5-7-9-18)31-17-21-16-26-24(14-20(21)15-25(31)29(34)35-3)30(2)28(33)27(36-26)19-10-12-22(32)13-11-19;/h5-14,16,23,25,27,32H,4,15,17H2,1-3H3;1H/t23-,25-,27-;/m0./s1. The highest BCUT2D eigenvalue weighted by Crippen LogP contribution is 2.43. The van der Waals surface area contributed by atoms with Crippen LogP contribution in [0.3, 0.4) is 0 Å². The van der Waals surface area contributed by atoms with Crippen molar-refractivity contribution in [2.45, 2.75) is 44.5 Å². The molecule has 1 amide bonds. The number of halogens is 1. The topological polar surface area (TPSA) is 79.3 Å². The van der Waals surface area contributed by atoms with Gasteiger partial charge in [-0.25, -0.2) is 0 Å². The van der Waals surface area contributed by atoms with Gasteiger partial charge in [-0.2, -0.15) is 0 Å². The van der Waals surface area contributed by atoms with Crippen LogP contribution in [-0.2, 0) is 27.3 Å². The van der Waals surface area contributed by atoms with Crippen molar-refractivity contribution in [2.24, 2.45) is 0 Å². The number of phenols is 1. The number of methoxy groups -OCH3 is 1. The van der Waals surface area contributed by atoms with E-state index in [0.29, 0.717) is 30.0 Å². The van der Waals surface area contributed by atoms with E-state index in [4.69, 9.17) is 9.47 Å². The zero-order valence-electron chi connectivity index (χ0n) is 21.1. The fourth-order valence-electron chi connectivity index (χ4n) is 5.33. The molecule has 0 aliphatic carbocycles. The lowest BCUT2D eigenvalue weighted by molar-refractivity contribution is -0.149. The van der Waals surface area contributed by atoms with E-state index in [1.165, 1.54) is 7.11 Å². The number of hydrogen-bond donors (Lipinski definition) is 1. The smallest absolute Gasteiger partial charge is 0.323 e. The zero-order chi connectivity index (χ0) is 25.4. The van der Waals surface area contributed by atoms with Gasteiger partial charge in [0, 0.05) is 25.2 Å². The molecule has 2 aliphatic heterocycles. The highest BCUT2D eigenvalue weighted by Gasteiger charge is 2.39. The average molecular weight is 523 g/mol. The van der Waals surface area contributed by atoms with Crippen LogP contribution in [0.1, 0.15) is 47.7 Å². The van der Waals surface area contributed by atoms with Gasteiger partial charge >= 0.3 is 5.97 Å². The maximum atomic E-state index is 13.2. The third-order valence-electron chi connectivity index (χ3n) is 7.25. The second-order valence-electron chi connectivity index (χ2n) is 9.33. The maximum absolute atomic E-state index is 13.2. The van der Waals surface area contributed by atoms with Crippen molar-refractivity contribution in [1.82, 2.24) is 4.90 Å². The SMILES string of the molecule is CC[C@@H](c1ccccc1)N1Cc2cc3c(cc2C[C@H]1C(=O)OC)N(C)C(=O)[C@H](c1ccc(O)cc1)O3.Cl. The Bertz CT molecular complexity index is 1280. The number of rotatable bonds is 5. The Morgan fingerprint density at radius 2 is 1.81 bits per heavy atom. The number of carbonyl (C=O) groups excluding carboxylic acids is 2. The first-order valence-corrected chi connectivity index (χ1v) is 12.2. The molecule has 3 aromatic carbocycles. The number of benzene rings is 3. The molecular formula is C29H31ClN2O5. The van der Waals surface area contributed by atoms with Crippen LogP contribution < -0.4 is 9.64 Å². The Morgan fingerprint density at radius 3 is 2.46 bits per heavy atom. The Labute approximate surface area is 223 Å². The molecule has 3 atom stereocenters. The van der Waals surface area contributed by atoms with E-state index in [-0.39, 0.29) is 36.1 Å². The van der Waals surface area contributed by atoms with Crippen molar-refractivity contribution >= 4 is 30.0 Å². The van der Waals surface area contributed by atoms with Crippen molar-refractivity contribution in [3.05, 3.63) is 89.0 Å².